The Kier molecular flexibility index (Phi) is 5.89. The van der Waals surface area contributed by atoms with Crippen LogP contribution in [0.2, 0.25) is 0 Å². The van der Waals surface area contributed by atoms with Crippen molar-refractivity contribution in [2.45, 2.75) is 44.8 Å². The number of ether oxygens (including phenoxy) is 1. The van der Waals surface area contributed by atoms with Crippen LogP contribution in [0, 0.1) is 0 Å². The van der Waals surface area contributed by atoms with Gasteiger partial charge in [-0.3, -0.25) is 0 Å². The van der Waals surface area contributed by atoms with Gasteiger partial charge in [0.1, 0.15) is 18.5 Å². The van der Waals surface area contributed by atoms with E-state index in [4.69, 9.17) is 9.26 Å². The number of para-hydroxylation sites is 1. The van der Waals surface area contributed by atoms with E-state index in [-0.39, 0.29) is 6.61 Å². The quantitative estimate of drug-likeness (QED) is 0.730. The standard InChI is InChI=1S/C20H26N2O3/c1-14(2)19-11-18(25-22-19)10-7-15-5-3-4-6-20(15)24-13-17(23)12-21-16-8-9-16/h3-7,10-11,14,16-17,21,23H,8-9,12-13H2,1-2H3. The minimum absolute atomic E-state index is 0.268. The number of benzene rings is 1. The van der Waals surface area contributed by atoms with Gasteiger partial charge in [0.15, 0.2) is 5.76 Å². The zero-order valence-electron chi connectivity index (χ0n) is 14.8. The maximum Gasteiger partial charge on any atom is 0.159 e. The first-order chi connectivity index (χ1) is 12.1. The molecule has 1 aromatic heterocycles. The van der Waals surface area contributed by atoms with Gasteiger partial charge in [-0.1, -0.05) is 37.2 Å². The topological polar surface area (TPSA) is 67.5 Å². The van der Waals surface area contributed by atoms with E-state index in [0.29, 0.717) is 24.3 Å². The Bertz CT molecular complexity index is 704. The van der Waals surface area contributed by atoms with E-state index >= 15 is 0 Å². The largest absolute Gasteiger partial charge is 0.490 e. The van der Waals surface area contributed by atoms with Crippen molar-refractivity contribution in [3.8, 4) is 5.75 Å². The summed E-state index contributed by atoms with van der Waals surface area (Å²) in [4.78, 5) is 0. The lowest BCUT2D eigenvalue weighted by atomic mass is 10.1. The van der Waals surface area contributed by atoms with Crippen LogP contribution in [-0.4, -0.2) is 35.6 Å². The average molecular weight is 342 g/mol. The normalized spacial score (nSPS) is 15.8. The summed E-state index contributed by atoms with van der Waals surface area (Å²) in [7, 11) is 0. The van der Waals surface area contributed by atoms with E-state index in [9.17, 15) is 5.11 Å². The number of hydrogen-bond donors (Lipinski definition) is 2. The van der Waals surface area contributed by atoms with Crippen LogP contribution < -0.4 is 10.1 Å². The third kappa shape index (κ3) is 5.44. The highest BCUT2D eigenvalue weighted by molar-refractivity contribution is 5.70. The average Bonchev–Trinajstić information content (AvgIpc) is 3.32. The molecule has 0 radical (unpaired) electrons. The summed E-state index contributed by atoms with van der Waals surface area (Å²) < 4.78 is 11.1. The van der Waals surface area contributed by atoms with Crippen molar-refractivity contribution < 1.29 is 14.4 Å². The Morgan fingerprint density at radius 3 is 2.84 bits per heavy atom. The fourth-order valence-electron chi connectivity index (χ4n) is 2.41. The van der Waals surface area contributed by atoms with Crippen LogP contribution in [0.25, 0.3) is 12.2 Å². The molecule has 1 unspecified atom stereocenters. The minimum Gasteiger partial charge on any atom is -0.490 e. The zero-order valence-corrected chi connectivity index (χ0v) is 14.8. The summed E-state index contributed by atoms with van der Waals surface area (Å²) in [6.45, 7) is 5.00. The molecule has 1 fully saturated rings. The van der Waals surface area contributed by atoms with Crippen LogP contribution in [0.4, 0.5) is 0 Å². The SMILES string of the molecule is CC(C)c1cc(C=Cc2ccccc2OCC(O)CNC2CC2)on1. The van der Waals surface area contributed by atoms with Gasteiger partial charge in [-0.15, -0.1) is 0 Å². The van der Waals surface area contributed by atoms with Crippen LogP contribution in [0.3, 0.4) is 0 Å². The van der Waals surface area contributed by atoms with Crippen LogP contribution in [0.15, 0.2) is 34.9 Å². The number of aliphatic hydroxyl groups is 1. The van der Waals surface area contributed by atoms with Gasteiger partial charge >= 0.3 is 0 Å². The Labute approximate surface area is 148 Å². The van der Waals surface area contributed by atoms with Crippen molar-refractivity contribution in [3.05, 3.63) is 47.3 Å². The number of nitrogens with zero attached hydrogens (tertiary/aromatic N) is 1. The molecule has 1 heterocycles. The number of aromatic nitrogens is 1. The molecule has 0 bridgehead atoms. The second kappa shape index (κ2) is 8.32. The minimum atomic E-state index is -0.513. The number of rotatable bonds is 9. The highest BCUT2D eigenvalue weighted by atomic mass is 16.5. The molecule has 25 heavy (non-hydrogen) atoms. The summed E-state index contributed by atoms with van der Waals surface area (Å²) in [5, 5.41) is 17.4. The van der Waals surface area contributed by atoms with E-state index in [2.05, 4.69) is 24.3 Å². The first-order valence-electron chi connectivity index (χ1n) is 8.90. The van der Waals surface area contributed by atoms with Crippen molar-refractivity contribution in [3.63, 3.8) is 0 Å². The Morgan fingerprint density at radius 2 is 2.12 bits per heavy atom. The molecular formula is C20H26N2O3. The maximum absolute atomic E-state index is 10.0. The van der Waals surface area contributed by atoms with Gasteiger partial charge in [0, 0.05) is 24.2 Å². The predicted octanol–water partition coefficient (Wildman–Crippen LogP) is 3.46. The molecule has 1 aliphatic rings. The van der Waals surface area contributed by atoms with E-state index in [1.54, 1.807) is 0 Å². The third-order valence-corrected chi connectivity index (χ3v) is 4.14. The van der Waals surface area contributed by atoms with Gasteiger partial charge in [0.25, 0.3) is 0 Å². The van der Waals surface area contributed by atoms with Crippen LogP contribution in [0.1, 0.15) is 49.6 Å². The summed E-state index contributed by atoms with van der Waals surface area (Å²) >= 11 is 0. The van der Waals surface area contributed by atoms with Crippen molar-refractivity contribution in [2.75, 3.05) is 13.2 Å². The first kappa shape index (κ1) is 17.7. The van der Waals surface area contributed by atoms with Gasteiger partial charge in [-0.05, 0) is 37.0 Å². The smallest absolute Gasteiger partial charge is 0.159 e. The Morgan fingerprint density at radius 1 is 1.32 bits per heavy atom. The van der Waals surface area contributed by atoms with Gasteiger partial charge < -0.3 is 19.7 Å². The third-order valence-electron chi connectivity index (χ3n) is 4.14. The molecule has 0 spiro atoms. The molecule has 1 aliphatic carbocycles. The summed E-state index contributed by atoms with van der Waals surface area (Å²) in [6.07, 6.45) is 5.73. The highest BCUT2D eigenvalue weighted by Crippen LogP contribution is 2.22. The van der Waals surface area contributed by atoms with Crippen molar-refractivity contribution in [2.24, 2.45) is 0 Å². The second-order valence-electron chi connectivity index (χ2n) is 6.83. The molecule has 0 aliphatic heterocycles. The molecule has 2 aromatic rings. The molecule has 1 saturated carbocycles. The molecule has 3 rings (SSSR count). The predicted molar refractivity (Wildman–Crippen MR) is 98.5 cm³/mol. The van der Waals surface area contributed by atoms with E-state index < -0.39 is 6.10 Å². The zero-order chi connectivity index (χ0) is 17.6. The number of aliphatic hydroxyl groups excluding tert-OH is 1. The van der Waals surface area contributed by atoms with E-state index in [1.807, 2.05) is 42.5 Å². The maximum atomic E-state index is 10.0. The Balaban J connectivity index is 1.58. The molecule has 1 atom stereocenters. The number of nitrogens with one attached hydrogen (secondary N) is 1. The molecule has 134 valence electrons. The van der Waals surface area contributed by atoms with Crippen LogP contribution in [-0.2, 0) is 0 Å². The fourth-order valence-corrected chi connectivity index (χ4v) is 2.41. The molecule has 1 aromatic carbocycles. The second-order valence-corrected chi connectivity index (χ2v) is 6.83. The van der Waals surface area contributed by atoms with E-state index in [0.717, 1.165) is 17.0 Å². The molecular weight excluding hydrogens is 316 g/mol. The fraction of sp³-hybridized carbons (Fsp3) is 0.450. The van der Waals surface area contributed by atoms with Crippen LogP contribution in [0.5, 0.6) is 5.75 Å². The number of hydrogen-bond acceptors (Lipinski definition) is 5. The summed E-state index contributed by atoms with van der Waals surface area (Å²) in [6, 6.07) is 10.3. The molecule has 2 N–H and O–H groups in total. The lowest BCUT2D eigenvalue weighted by Gasteiger charge is -2.14. The van der Waals surface area contributed by atoms with Crippen molar-refractivity contribution in [1.82, 2.24) is 10.5 Å². The lowest BCUT2D eigenvalue weighted by Crippen LogP contribution is -2.32. The van der Waals surface area contributed by atoms with Crippen molar-refractivity contribution in [1.29, 1.82) is 0 Å². The monoisotopic (exact) mass is 342 g/mol. The Hall–Kier alpha value is -2.11. The van der Waals surface area contributed by atoms with Gasteiger partial charge in [-0.25, -0.2) is 0 Å². The highest BCUT2D eigenvalue weighted by Gasteiger charge is 2.21. The van der Waals surface area contributed by atoms with Gasteiger partial charge in [0.2, 0.25) is 0 Å². The van der Waals surface area contributed by atoms with Gasteiger partial charge in [0.05, 0.1) is 5.69 Å². The van der Waals surface area contributed by atoms with Crippen LogP contribution >= 0.6 is 0 Å². The van der Waals surface area contributed by atoms with Crippen molar-refractivity contribution >= 4 is 12.2 Å². The first-order valence-corrected chi connectivity index (χ1v) is 8.90. The molecule has 0 saturated heterocycles. The molecule has 5 heteroatoms. The summed E-state index contributed by atoms with van der Waals surface area (Å²) in [5.74, 6) is 1.80. The molecule has 0 amide bonds. The van der Waals surface area contributed by atoms with E-state index in [1.165, 1.54) is 12.8 Å². The summed E-state index contributed by atoms with van der Waals surface area (Å²) in [5.41, 5.74) is 1.88. The molecule has 5 nitrogen and oxygen atoms in total. The van der Waals surface area contributed by atoms with Gasteiger partial charge in [-0.2, -0.15) is 0 Å². The lowest BCUT2D eigenvalue weighted by molar-refractivity contribution is 0.106.